The second kappa shape index (κ2) is 26.1. The zero-order chi connectivity index (χ0) is 43.2. The van der Waals surface area contributed by atoms with Gasteiger partial charge in [0, 0.05) is 47.0 Å². The maximum atomic E-state index is 14.4. The van der Waals surface area contributed by atoms with E-state index in [-0.39, 0.29) is 69.1 Å². The molecular weight excluding hydrogens is 894 g/mol. The summed E-state index contributed by atoms with van der Waals surface area (Å²) in [7, 11) is 0. The molecule has 26 heteroatoms. The molecule has 0 aliphatic heterocycles. The quantitative estimate of drug-likeness (QED) is 0.128. The monoisotopic (exact) mass is 933 g/mol. The summed E-state index contributed by atoms with van der Waals surface area (Å²) in [5.41, 5.74) is -4.51. The summed E-state index contributed by atoms with van der Waals surface area (Å²) in [6, 6.07) is 5.60. The first-order valence-electron chi connectivity index (χ1n) is 16.6. The van der Waals surface area contributed by atoms with E-state index in [0.29, 0.717) is 12.1 Å². The molecule has 19 nitrogen and oxygen atoms in total. The van der Waals surface area contributed by atoms with Crippen LogP contribution < -0.4 is 10.2 Å². The number of carbonyl (C=O) groups excluding carboxylic acids is 2. The smallest absolute Gasteiger partial charge is 0.550 e. The van der Waals surface area contributed by atoms with Gasteiger partial charge in [-0.1, -0.05) is 26.0 Å². The normalized spacial score (nSPS) is 12.8. The Kier molecular flexibility index (Phi) is 24.4. The summed E-state index contributed by atoms with van der Waals surface area (Å²) in [5, 5.41) is 48.2. The zero-order valence-corrected chi connectivity index (χ0v) is 33.7. The van der Waals surface area contributed by atoms with Crippen LogP contribution in [0.3, 0.4) is 0 Å². The Morgan fingerprint density at radius 1 is 0.613 bits per heavy atom. The molecule has 0 bridgehead atoms. The average molecular weight is 934 g/mol. The van der Waals surface area contributed by atoms with Crippen molar-refractivity contribution in [1.82, 2.24) is 49.5 Å². The molecule has 2 aromatic carbocycles. The number of carboxylic acid groups (broad SMARTS) is 2. The van der Waals surface area contributed by atoms with Gasteiger partial charge in [-0.3, -0.25) is 0 Å². The third-order valence-corrected chi connectivity index (χ3v) is 8.18. The Balaban J connectivity index is 0. The van der Waals surface area contributed by atoms with Crippen molar-refractivity contribution in [3.05, 3.63) is 144 Å². The number of aliphatic hydroxyl groups is 2. The van der Waals surface area contributed by atoms with Gasteiger partial charge in [-0.25, -0.2) is 65.6 Å². The van der Waals surface area contributed by atoms with Gasteiger partial charge in [0.05, 0.1) is 36.9 Å². The first-order valence-corrected chi connectivity index (χ1v) is 16.6. The number of carboxylic acids is 2. The van der Waals surface area contributed by atoms with Crippen LogP contribution in [-0.4, -0.2) is 88.0 Å². The van der Waals surface area contributed by atoms with Crippen molar-refractivity contribution in [2.24, 2.45) is 0 Å². The number of nitrogens with zero attached hydrogens (tertiary/aromatic N) is 10. The molecule has 0 saturated heterocycles. The number of aliphatic carboxylic acids is 2. The van der Waals surface area contributed by atoms with E-state index in [2.05, 4.69) is 40.1 Å². The maximum Gasteiger partial charge on any atom is 2.00 e. The largest absolute Gasteiger partial charge is 2.00 e. The minimum Gasteiger partial charge on any atom is -0.550 e. The fourth-order valence-electron chi connectivity index (χ4n) is 5.45. The predicted octanol–water partition coefficient (Wildman–Crippen LogP) is -0.610. The van der Waals surface area contributed by atoms with Gasteiger partial charge in [0.1, 0.15) is 72.4 Å². The maximum absolute atomic E-state index is 14.4. The fourth-order valence-corrected chi connectivity index (χ4v) is 5.45. The number of aromatic nitrogens is 10. The Hall–Kier alpha value is -6.28. The van der Waals surface area contributed by atoms with Crippen LogP contribution in [0.15, 0.2) is 86.8 Å². The van der Waals surface area contributed by atoms with Crippen LogP contribution >= 0.6 is 0 Å². The zero-order valence-electron chi connectivity index (χ0n) is 32.7. The summed E-state index contributed by atoms with van der Waals surface area (Å²) < 4.78 is 86.1. The average Bonchev–Trinajstić information content (AvgIpc) is 3.86. The fraction of sp³-hybridized carbons (Fsp3) is 0.278. The number of halogens is 6. The van der Waals surface area contributed by atoms with Crippen molar-refractivity contribution in [2.45, 2.75) is 63.8 Å². The second-order valence-corrected chi connectivity index (χ2v) is 12.2. The van der Waals surface area contributed by atoms with Crippen molar-refractivity contribution in [3.8, 4) is 0 Å². The molecule has 0 aliphatic carbocycles. The minimum absolute atomic E-state index is 0. The summed E-state index contributed by atoms with van der Waals surface area (Å²) >= 11 is 0. The van der Waals surface area contributed by atoms with Crippen LogP contribution in [0.5, 0.6) is 0 Å². The Bertz CT molecular complexity index is 2110. The van der Waals surface area contributed by atoms with Crippen LogP contribution in [0, 0.1) is 34.9 Å². The first kappa shape index (κ1) is 57.8. The van der Waals surface area contributed by atoms with Crippen molar-refractivity contribution in [2.75, 3.05) is 0 Å². The van der Waals surface area contributed by atoms with Crippen molar-refractivity contribution in [1.29, 1.82) is 0 Å². The number of carbonyl (C=O) groups is 2. The number of hydrogen-bond donors (Lipinski definition) is 2. The van der Waals surface area contributed by atoms with Crippen LogP contribution in [-0.2, 0) is 50.9 Å². The summed E-state index contributed by atoms with van der Waals surface area (Å²) in [6.07, 6.45) is 9.32. The van der Waals surface area contributed by atoms with Gasteiger partial charge in [0.15, 0.2) is 11.6 Å². The third kappa shape index (κ3) is 15.6. The predicted molar refractivity (Wildman–Crippen MR) is 194 cm³/mol. The van der Waals surface area contributed by atoms with Crippen LogP contribution in [0.1, 0.15) is 62.0 Å². The van der Waals surface area contributed by atoms with Gasteiger partial charge < -0.3 is 46.4 Å². The second-order valence-electron chi connectivity index (χ2n) is 12.2. The Morgan fingerprint density at radius 2 is 0.935 bits per heavy atom. The Morgan fingerprint density at radius 3 is 1.19 bits per heavy atom. The Labute approximate surface area is 358 Å². The van der Waals surface area contributed by atoms with Crippen LogP contribution in [0.4, 0.5) is 26.3 Å². The van der Waals surface area contributed by atoms with Gasteiger partial charge in [-0.15, -0.1) is 0 Å². The van der Waals surface area contributed by atoms with E-state index in [0.717, 1.165) is 63.2 Å². The van der Waals surface area contributed by atoms with E-state index in [4.69, 9.17) is 19.8 Å². The molecule has 6 rings (SSSR count). The third-order valence-electron chi connectivity index (χ3n) is 8.18. The van der Waals surface area contributed by atoms with Crippen molar-refractivity contribution < 1.29 is 89.9 Å². The van der Waals surface area contributed by atoms with Crippen LogP contribution in [0.2, 0.25) is 0 Å². The van der Waals surface area contributed by atoms with Crippen molar-refractivity contribution >= 4 is 11.9 Å². The van der Waals surface area contributed by atoms with E-state index in [1.54, 1.807) is 0 Å². The van der Waals surface area contributed by atoms with Gasteiger partial charge >= 0.3 is 17.1 Å². The number of benzene rings is 2. The van der Waals surface area contributed by atoms with E-state index < -0.39 is 69.9 Å². The molecule has 4 atom stereocenters. The molecule has 1 radical (unpaired) electrons. The molecule has 62 heavy (non-hydrogen) atoms. The molecule has 4 aromatic heterocycles. The van der Waals surface area contributed by atoms with E-state index in [1.807, 2.05) is 0 Å². The van der Waals surface area contributed by atoms with Crippen molar-refractivity contribution in [3.63, 3.8) is 0 Å². The number of hydrogen-bond acceptors (Lipinski definition) is 14. The molecule has 0 amide bonds. The molecular formula is C36H40CuF6N10O9. The molecule has 8 N–H and O–H groups in total. The van der Waals surface area contributed by atoms with Gasteiger partial charge in [-0.05, 0) is 26.0 Å². The van der Waals surface area contributed by atoms with E-state index in [1.165, 1.54) is 48.5 Å². The topological polar surface area (TPSA) is 328 Å². The molecule has 0 fully saturated rings. The molecule has 341 valence electrons. The first-order chi connectivity index (χ1) is 27.3. The molecule has 0 unspecified atom stereocenters. The minimum atomic E-state index is -1.96. The molecule has 0 aliphatic rings. The summed E-state index contributed by atoms with van der Waals surface area (Å²) in [6.45, 7) is 4.45. The summed E-state index contributed by atoms with van der Waals surface area (Å²) in [5.74, 6) is -9.10. The molecule has 6 aromatic rings. The van der Waals surface area contributed by atoms with Crippen LogP contribution in [0.25, 0.3) is 0 Å². The molecule has 0 spiro atoms. The van der Waals surface area contributed by atoms with Gasteiger partial charge in [0.2, 0.25) is 0 Å². The number of rotatable bonds is 10. The SMILES string of the molecule is CC(=O)[O-].CC(=O)[O-].C[C@@H](c1ncncc1F)[C@](O)(Cn1cncn1)c1ccc(F)cc1F.C[C@@H](c1ncncc1F)[C@](O)(Cn1cncn1)c1ccc(F)cc1F.O.O.O.[Cu+2]. The summed E-state index contributed by atoms with van der Waals surface area (Å²) in [4.78, 5) is 40.2. The molecule has 0 saturated carbocycles. The molecule has 4 heterocycles. The van der Waals surface area contributed by atoms with E-state index >= 15 is 0 Å². The van der Waals surface area contributed by atoms with E-state index in [9.17, 15) is 36.6 Å². The van der Waals surface area contributed by atoms with Gasteiger partial charge in [0.25, 0.3) is 0 Å². The standard InChI is InChI=1S/2C16H14F3N5O.2C2H4O2.Cu.3H2O/c2*1-10(15-14(19)5-20-7-22-15)16(25,6-24-9-21-8-23-24)12-3-2-11(17)4-13(12)18;2*1-2(3)4;;;;/h2*2-5,7-10,25H,6H2,1H3;2*1H3,(H,3,4);;3*1H2/q;;;;+2;;;/p-2/t2*10-,16+;;;;;;/m00....../s1. The van der Waals surface area contributed by atoms with Gasteiger partial charge in [-0.2, -0.15) is 10.2 Å².